The Morgan fingerprint density at radius 3 is 2.50 bits per heavy atom. The van der Waals surface area contributed by atoms with E-state index < -0.39 is 5.60 Å². The van der Waals surface area contributed by atoms with Gasteiger partial charge in [0.15, 0.2) is 0 Å². The van der Waals surface area contributed by atoms with Crippen LogP contribution in [0.1, 0.15) is 70.6 Å². The number of nitrogens with zero attached hydrogens (tertiary/aromatic N) is 3. The Kier molecular flexibility index (Phi) is 4.82. The Labute approximate surface area is 214 Å². The molecule has 3 saturated heterocycles. The lowest BCUT2D eigenvalue weighted by molar-refractivity contribution is -0.176. The van der Waals surface area contributed by atoms with Crippen LogP contribution in [0.25, 0.3) is 0 Å². The van der Waals surface area contributed by atoms with Crippen LogP contribution in [0.4, 0.5) is 10.6 Å². The maximum atomic E-state index is 13.6. The van der Waals surface area contributed by atoms with E-state index >= 15 is 0 Å². The number of urea groups is 1. The first-order valence-corrected chi connectivity index (χ1v) is 14.6. The van der Waals surface area contributed by atoms with Crippen molar-refractivity contribution in [3.63, 3.8) is 0 Å². The van der Waals surface area contributed by atoms with Crippen molar-refractivity contribution in [3.8, 4) is 0 Å². The number of carbonyl (C=O) groups excluding carboxylic acids is 1. The Bertz CT molecular complexity index is 1010. The second-order valence-electron chi connectivity index (χ2n) is 13.3. The molecule has 8 rings (SSSR count). The molecule has 7 aliphatic rings. The molecule has 9 atom stereocenters. The number of hydrogen-bond donors (Lipinski definition) is 2. The van der Waals surface area contributed by atoms with Crippen LogP contribution in [-0.2, 0) is 4.74 Å². The van der Waals surface area contributed by atoms with Crippen molar-refractivity contribution in [2.45, 2.75) is 107 Å². The van der Waals surface area contributed by atoms with Crippen molar-refractivity contribution in [2.75, 3.05) is 18.0 Å². The molecule has 5 bridgehead atoms. The molecule has 2 N–H and O–H groups in total. The molecule has 194 valence electrons. The van der Waals surface area contributed by atoms with Crippen LogP contribution in [0, 0.1) is 23.2 Å². The molecular formula is C29H40N4O3. The number of piperidine rings is 2. The molecule has 4 saturated carbocycles. The summed E-state index contributed by atoms with van der Waals surface area (Å²) < 4.78 is 6.65. The Hall–Kier alpha value is -1.86. The topological polar surface area (TPSA) is 77.9 Å². The van der Waals surface area contributed by atoms with Crippen LogP contribution < -0.4 is 10.2 Å². The molecule has 0 radical (unpaired) electrons. The van der Waals surface area contributed by atoms with E-state index in [-0.39, 0.29) is 23.6 Å². The van der Waals surface area contributed by atoms with Gasteiger partial charge in [0.2, 0.25) is 0 Å². The van der Waals surface area contributed by atoms with E-state index in [2.05, 4.69) is 32.2 Å². The van der Waals surface area contributed by atoms with Crippen molar-refractivity contribution in [3.05, 3.63) is 24.4 Å². The second kappa shape index (κ2) is 7.83. The first kappa shape index (κ1) is 22.2. The zero-order valence-electron chi connectivity index (χ0n) is 21.2. The van der Waals surface area contributed by atoms with E-state index in [9.17, 15) is 9.90 Å². The summed E-state index contributed by atoms with van der Waals surface area (Å²) >= 11 is 0. The van der Waals surface area contributed by atoms with Gasteiger partial charge in [0, 0.05) is 42.8 Å². The summed E-state index contributed by atoms with van der Waals surface area (Å²) in [5.41, 5.74) is -0.203. The van der Waals surface area contributed by atoms with E-state index in [0.29, 0.717) is 35.9 Å². The minimum Gasteiger partial charge on any atom is -0.389 e. The maximum Gasteiger partial charge on any atom is 0.318 e. The number of aliphatic hydroxyl groups is 1. The highest BCUT2D eigenvalue weighted by molar-refractivity contribution is 5.76. The van der Waals surface area contributed by atoms with Crippen LogP contribution in [-0.4, -0.2) is 70.0 Å². The first-order chi connectivity index (χ1) is 17.5. The summed E-state index contributed by atoms with van der Waals surface area (Å²) in [4.78, 5) is 22.7. The molecule has 1 spiro atoms. The monoisotopic (exact) mass is 492 g/mol. The lowest BCUT2D eigenvalue weighted by atomic mass is 9.53. The highest BCUT2D eigenvalue weighted by Gasteiger charge is 2.76. The molecule has 4 heterocycles. The van der Waals surface area contributed by atoms with Gasteiger partial charge in [0.25, 0.3) is 0 Å². The maximum absolute atomic E-state index is 13.6. The van der Waals surface area contributed by atoms with E-state index in [1.54, 1.807) is 0 Å². The fourth-order valence-corrected chi connectivity index (χ4v) is 10.3. The second-order valence-corrected chi connectivity index (χ2v) is 13.3. The van der Waals surface area contributed by atoms with Gasteiger partial charge in [0.05, 0.1) is 17.8 Å². The van der Waals surface area contributed by atoms with E-state index in [4.69, 9.17) is 4.74 Å². The van der Waals surface area contributed by atoms with Crippen molar-refractivity contribution < 1.29 is 14.6 Å². The molecule has 7 fully saturated rings. The SMILES string of the molecule is O=C(N[C@H]1C2CC3C[C@@]4(O)CC1CC34C2)N1[C@@H]2CC[C@H]1CC(OC1CCN(c3ccccn3)CC1)C2. The predicted octanol–water partition coefficient (Wildman–Crippen LogP) is 3.71. The molecular weight excluding hydrogens is 452 g/mol. The Morgan fingerprint density at radius 1 is 0.972 bits per heavy atom. The third-order valence-corrected chi connectivity index (χ3v) is 11.8. The fraction of sp³-hybridized carbons (Fsp3) is 0.793. The molecule has 3 aliphatic heterocycles. The third kappa shape index (κ3) is 3.11. The lowest BCUT2D eigenvalue weighted by Gasteiger charge is -2.55. The van der Waals surface area contributed by atoms with Gasteiger partial charge in [-0.25, -0.2) is 9.78 Å². The van der Waals surface area contributed by atoms with Gasteiger partial charge in [-0.3, -0.25) is 0 Å². The largest absolute Gasteiger partial charge is 0.389 e. The summed E-state index contributed by atoms with van der Waals surface area (Å²) in [5, 5.41) is 14.7. The summed E-state index contributed by atoms with van der Waals surface area (Å²) in [7, 11) is 0. The number of ether oxygens (including phenoxy) is 1. The Morgan fingerprint density at radius 2 is 1.75 bits per heavy atom. The molecule has 1 aromatic heterocycles. The molecule has 0 aromatic carbocycles. The standard InChI is InChI=1S/C29H40N4O3/c34-27(31-26-18-11-20-17-29(35)16-19(26)15-28(20,29)14-18)33-21-4-5-22(33)13-24(12-21)36-23-6-9-32(10-7-23)25-3-1-2-8-30-25/h1-3,8,18-24,26,35H,4-7,9-17H2,(H,31,34)/t18?,19?,20?,21-,22+,24?,26-,28?,29-/m0/s1. The smallest absolute Gasteiger partial charge is 0.318 e. The number of nitrogens with one attached hydrogen (secondary N) is 1. The van der Waals surface area contributed by atoms with Crippen LogP contribution in [0.15, 0.2) is 24.4 Å². The first-order valence-electron chi connectivity index (χ1n) is 14.6. The summed E-state index contributed by atoms with van der Waals surface area (Å²) in [5.74, 6) is 2.82. The van der Waals surface area contributed by atoms with Crippen LogP contribution in [0.3, 0.4) is 0 Å². The fourth-order valence-electron chi connectivity index (χ4n) is 10.3. The number of carbonyl (C=O) groups is 1. The van der Waals surface area contributed by atoms with Gasteiger partial charge < -0.3 is 25.0 Å². The zero-order chi connectivity index (χ0) is 24.1. The predicted molar refractivity (Wildman–Crippen MR) is 135 cm³/mol. The zero-order valence-corrected chi connectivity index (χ0v) is 21.2. The average molecular weight is 493 g/mol. The number of aromatic nitrogens is 1. The summed E-state index contributed by atoms with van der Waals surface area (Å²) in [6.45, 7) is 1.99. The van der Waals surface area contributed by atoms with Crippen molar-refractivity contribution in [2.24, 2.45) is 23.2 Å². The van der Waals surface area contributed by atoms with Crippen LogP contribution >= 0.6 is 0 Å². The molecule has 5 unspecified atom stereocenters. The van der Waals surface area contributed by atoms with Crippen LogP contribution in [0.2, 0.25) is 0 Å². The lowest BCUT2D eigenvalue weighted by Crippen LogP contribution is -2.57. The highest BCUT2D eigenvalue weighted by Crippen LogP contribution is 2.77. The molecule has 36 heavy (non-hydrogen) atoms. The number of fused-ring (bicyclic) bond motifs is 4. The van der Waals surface area contributed by atoms with Gasteiger partial charge in [-0.2, -0.15) is 0 Å². The number of hydrogen-bond acceptors (Lipinski definition) is 5. The Balaban J connectivity index is 0.871. The molecule has 4 aliphatic carbocycles. The van der Waals surface area contributed by atoms with Gasteiger partial charge in [-0.05, 0) is 101 Å². The molecule has 1 aromatic rings. The minimum absolute atomic E-state index is 0.168. The average Bonchev–Trinajstić information content (AvgIpc) is 3.38. The highest BCUT2D eigenvalue weighted by atomic mass is 16.5. The number of anilines is 1. The third-order valence-electron chi connectivity index (χ3n) is 11.8. The normalized spacial score (nSPS) is 46.6. The van der Waals surface area contributed by atoms with Crippen molar-refractivity contribution in [1.82, 2.24) is 15.2 Å². The number of amides is 2. The van der Waals surface area contributed by atoms with E-state index in [1.807, 2.05) is 12.3 Å². The van der Waals surface area contributed by atoms with Gasteiger partial charge in [-0.15, -0.1) is 0 Å². The quantitative estimate of drug-likeness (QED) is 0.670. The number of pyridine rings is 1. The van der Waals surface area contributed by atoms with E-state index in [1.165, 1.54) is 6.42 Å². The summed E-state index contributed by atoms with van der Waals surface area (Å²) in [6, 6.07) is 7.18. The summed E-state index contributed by atoms with van der Waals surface area (Å²) in [6.07, 6.45) is 14.1. The van der Waals surface area contributed by atoms with E-state index in [0.717, 1.165) is 83.1 Å². The van der Waals surface area contributed by atoms with Crippen molar-refractivity contribution in [1.29, 1.82) is 0 Å². The molecule has 7 nitrogen and oxygen atoms in total. The van der Waals surface area contributed by atoms with Gasteiger partial charge >= 0.3 is 6.03 Å². The van der Waals surface area contributed by atoms with Gasteiger partial charge in [0.1, 0.15) is 5.82 Å². The molecule has 7 heteroatoms. The van der Waals surface area contributed by atoms with Gasteiger partial charge in [-0.1, -0.05) is 6.07 Å². The molecule has 2 amide bonds. The number of rotatable bonds is 4. The minimum atomic E-state index is -0.418. The van der Waals surface area contributed by atoms with Crippen LogP contribution in [0.5, 0.6) is 0 Å². The van der Waals surface area contributed by atoms with Crippen molar-refractivity contribution >= 4 is 11.8 Å².